The number of hydrogen-bond acceptors (Lipinski definition) is 4. The zero-order valence-corrected chi connectivity index (χ0v) is 6.05. The summed E-state index contributed by atoms with van der Waals surface area (Å²) in [7, 11) is 1.75. The molecule has 0 fully saturated rings. The molecule has 1 atom stereocenters. The molecule has 1 aliphatic rings. The Kier molecular flexibility index (Phi) is 1.19. The molecule has 0 saturated heterocycles. The van der Waals surface area contributed by atoms with Gasteiger partial charge in [-0.1, -0.05) is 0 Å². The first-order valence-electron chi connectivity index (χ1n) is 3.25. The second kappa shape index (κ2) is 2.06. The number of aliphatic hydroxyl groups excluding tert-OH is 1. The van der Waals surface area contributed by atoms with Gasteiger partial charge in [-0.05, 0) is 0 Å². The Hall–Kier alpha value is -1.36. The van der Waals surface area contributed by atoms with E-state index in [2.05, 4.69) is 9.98 Å². The largest absolute Gasteiger partial charge is 0.356 e. The summed E-state index contributed by atoms with van der Waals surface area (Å²) in [5.74, 6) is 0.676. The highest BCUT2D eigenvalue weighted by Crippen LogP contribution is 2.20. The molecule has 1 aliphatic heterocycles. The fourth-order valence-corrected chi connectivity index (χ4v) is 0.982. The van der Waals surface area contributed by atoms with Crippen LogP contribution in [0.15, 0.2) is 17.5 Å². The Labute approximate surface area is 63.6 Å². The SMILES string of the molecule is CN1C=Nc2cncn2C1O. The lowest BCUT2D eigenvalue weighted by molar-refractivity contribution is 0.00359. The lowest BCUT2D eigenvalue weighted by Gasteiger charge is -2.25. The van der Waals surface area contributed by atoms with E-state index < -0.39 is 6.35 Å². The quantitative estimate of drug-likeness (QED) is 0.566. The van der Waals surface area contributed by atoms with Crippen LogP contribution in [0.25, 0.3) is 0 Å². The van der Waals surface area contributed by atoms with E-state index >= 15 is 0 Å². The van der Waals surface area contributed by atoms with Gasteiger partial charge in [0.1, 0.15) is 0 Å². The summed E-state index contributed by atoms with van der Waals surface area (Å²) < 4.78 is 1.58. The fraction of sp³-hybridized carbons (Fsp3) is 0.333. The van der Waals surface area contributed by atoms with Gasteiger partial charge in [0.15, 0.2) is 5.82 Å². The van der Waals surface area contributed by atoms with E-state index in [-0.39, 0.29) is 0 Å². The number of aliphatic hydroxyl groups is 1. The number of nitrogens with zero attached hydrogens (tertiary/aromatic N) is 4. The Morgan fingerprint density at radius 1 is 1.64 bits per heavy atom. The predicted molar refractivity (Wildman–Crippen MR) is 39.4 cm³/mol. The van der Waals surface area contributed by atoms with Crippen LogP contribution in [-0.4, -0.2) is 32.9 Å². The van der Waals surface area contributed by atoms with Crippen molar-refractivity contribution in [3.8, 4) is 0 Å². The molecule has 1 aromatic heterocycles. The fourth-order valence-electron chi connectivity index (χ4n) is 0.982. The molecule has 58 valence electrons. The van der Waals surface area contributed by atoms with Crippen LogP contribution in [0.2, 0.25) is 0 Å². The molecular formula is C6H8N4O. The van der Waals surface area contributed by atoms with Crippen LogP contribution in [-0.2, 0) is 0 Å². The Bertz CT molecular complexity index is 293. The molecule has 5 nitrogen and oxygen atoms in total. The van der Waals surface area contributed by atoms with Crippen molar-refractivity contribution < 1.29 is 5.11 Å². The van der Waals surface area contributed by atoms with Gasteiger partial charge in [-0.15, -0.1) is 0 Å². The minimum Gasteiger partial charge on any atom is -0.356 e. The van der Waals surface area contributed by atoms with E-state index in [1.165, 1.54) is 0 Å². The first kappa shape index (κ1) is 6.36. The molecule has 0 radical (unpaired) electrons. The van der Waals surface area contributed by atoms with Crippen molar-refractivity contribution in [2.24, 2.45) is 4.99 Å². The van der Waals surface area contributed by atoms with Crippen LogP contribution in [0, 0.1) is 0 Å². The van der Waals surface area contributed by atoms with Gasteiger partial charge in [0, 0.05) is 7.05 Å². The van der Waals surface area contributed by atoms with Crippen molar-refractivity contribution in [1.29, 1.82) is 0 Å². The molecular weight excluding hydrogens is 144 g/mol. The minimum absolute atomic E-state index is 0.676. The number of aromatic nitrogens is 2. The molecule has 0 aliphatic carbocycles. The Morgan fingerprint density at radius 3 is 3.27 bits per heavy atom. The van der Waals surface area contributed by atoms with E-state index in [0.717, 1.165) is 0 Å². The van der Waals surface area contributed by atoms with E-state index in [0.29, 0.717) is 5.82 Å². The number of rotatable bonds is 0. The number of fused-ring (bicyclic) bond motifs is 1. The smallest absolute Gasteiger partial charge is 0.214 e. The maximum atomic E-state index is 9.48. The van der Waals surface area contributed by atoms with Crippen LogP contribution in [0.1, 0.15) is 6.35 Å². The van der Waals surface area contributed by atoms with Gasteiger partial charge in [-0.3, -0.25) is 4.57 Å². The summed E-state index contributed by atoms with van der Waals surface area (Å²) in [6.07, 6.45) is 4.05. The summed E-state index contributed by atoms with van der Waals surface area (Å²) in [6.45, 7) is 0. The van der Waals surface area contributed by atoms with Crippen LogP contribution < -0.4 is 0 Å². The number of hydrogen-bond donors (Lipinski definition) is 1. The first-order valence-corrected chi connectivity index (χ1v) is 3.25. The molecule has 2 rings (SSSR count). The molecule has 1 unspecified atom stereocenters. The standard InChI is InChI=1S/C6H8N4O/c1-9-4-8-5-2-7-3-10(5)6(9)11/h2-4,6,11H,1H3. The summed E-state index contributed by atoms with van der Waals surface area (Å²) >= 11 is 0. The van der Waals surface area contributed by atoms with Crippen LogP contribution in [0.4, 0.5) is 5.82 Å². The summed E-state index contributed by atoms with van der Waals surface area (Å²) in [6, 6.07) is 0. The summed E-state index contributed by atoms with van der Waals surface area (Å²) in [5.41, 5.74) is 0. The lowest BCUT2D eigenvalue weighted by atomic mass is 10.6. The van der Waals surface area contributed by atoms with Gasteiger partial charge >= 0.3 is 0 Å². The highest BCUT2D eigenvalue weighted by molar-refractivity contribution is 5.61. The van der Waals surface area contributed by atoms with Gasteiger partial charge < -0.3 is 10.0 Å². The maximum absolute atomic E-state index is 9.48. The highest BCUT2D eigenvalue weighted by atomic mass is 16.3. The van der Waals surface area contributed by atoms with E-state index in [1.54, 1.807) is 35.4 Å². The second-order valence-corrected chi connectivity index (χ2v) is 2.42. The van der Waals surface area contributed by atoms with Gasteiger partial charge in [-0.25, -0.2) is 9.98 Å². The molecule has 1 aromatic rings. The second-order valence-electron chi connectivity index (χ2n) is 2.42. The Balaban J connectivity index is 2.48. The molecule has 0 aromatic carbocycles. The van der Waals surface area contributed by atoms with E-state index in [4.69, 9.17) is 0 Å². The van der Waals surface area contributed by atoms with Gasteiger partial charge in [0.25, 0.3) is 0 Å². The molecule has 0 bridgehead atoms. The van der Waals surface area contributed by atoms with Crippen molar-refractivity contribution >= 4 is 12.2 Å². The van der Waals surface area contributed by atoms with Gasteiger partial charge in [0.2, 0.25) is 6.35 Å². The van der Waals surface area contributed by atoms with E-state index in [9.17, 15) is 5.11 Å². The van der Waals surface area contributed by atoms with Crippen LogP contribution in [0.3, 0.4) is 0 Å². The third-order valence-electron chi connectivity index (χ3n) is 1.63. The molecule has 2 heterocycles. The maximum Gasteiger partial charge on any atom is 0.214 e. The van der Waals surface area contributed by atoms with Crippen molar-refractivity contribution in [3.63, 3.8) is 0 Å². The third-order valence-corrected chi connectivity index (χ3v) is 1.63. The zero-order valence-electron chi connectivity index (χ0n) is 6.05. The van der Waals surface area contributed by atoms with Crippen LogP contribution in [0.5, 0.6) is 0 Å². The molecule has 0 amide bonds. The molecule has 1 N–H and O–H groups in total. The highest BCUT2D eigenvalue weighted by Gasteiger charge is 2.16. The summed E-state index contributed by atoms with van der Waals surface area (Å²) in [5, 5.41) is 9.48. The topological polar surface area (TPSA) is 53.7 Å². The monoisotopic (exact) mass is 152 g/mol. The number of aliphatic imine (C=N–C) groups is 1. The average Bonchev–Trinajstić information content (AvgIpc) is 2.45. The van der Waals surface area contributed by atoms with Crippen molar-refractivity contribution in [2.75, 3.05) is 7.05 Å². The van der Waals surface area contributed by atoms with Crippen molar-refractivity contribution in [3.05, 3.63) is 12.5 Å². The molecule has 0 saturated carbocycles. The van der Waals surface area contributed by atoms with Crippen molar-refractivity contribution in [2.45, 2.75) is 6.35 Å². The molecule has 0 spiro atoms. The third kappa shape index (κ3) is 0.813. The predicted octanol–water partition coefficient (Wildman–Crippen LogP) is -0.0633. The minimum atomic E-state index is -0.676. The zero-order chi connectivity index (χ0) is 7.84. The Morgan fingerprint density at radius 2 is 2.45 bits per heavy atom. The lowest BCUT2D eigenvalue weighted by Crippen LogP contribution is -2.29. The normalized spacial score (nSPS) is 22.0. The van der Waals surface area contributed by atoms with Crippen molar-refractivity contribution in [1.82, 2.24) is 14.5 Å². The summed E-state index contributed by atoms with van der Waals surface area (Å²) in [4.78, 5) is 9.47. The van der Waals surface area contributed by atoms with Gasteiger partial charge in [-0.2, -0.15) is 0 Å². The first-order chi connectivity index (χ1) is 5.29. The average molecular weight is 152 g/mol. The molecule has 5 heteroatoms. The van der Waals surface area contributed by atoms with Gasteiger partial charge in [0.05, 0.1) is 18.9 Å². The van der Waals surface area contributed by atoms with E-state index in [1.807, 2.05) is 0 Å². The number of imidazole rings is 1. The molecule has 11 heavy (non-hydrogen) atoms. The van der Waals surface area contributed by atoms with Crippen LogP contribution >= 0.6 is 0 Å².